The first-order valence-corrected chi connectivity index (χ1v) is 7.95. The third-order valence-corrected chi connectivity index (χ3v) is 3.12. The smallest absolute Gasteiger partial charge is 0.308 e. The molecule has 1 aromatic heterocycles. The van der Waals surface area contributed by atoms with Crippen LogP contribution in [0.15, 0.2) is 22.6 Å². The zero-order chi connectivity index (χ0) is 17.4. The predicted octanol–water partition coefficient (Wildman–Crippen LogP) is 2.23. The van der Waals surface area contributed by atoms with Gasteiger partial charge in [0.1, 0.15) is 0 Å². The summed E-state index contributed by atoms with van der Waals surface area (Å²) >= 11 is 0. The number of benzene rings is 1. The molecule has 0 bridgehead atoms. The number of aromatic hydroxyl groups is 1. The van der Waals surface area contributed by atoms with E-state index in [-0.39, 0.29) is 0 Å². The molecule has 23 heavy (non-hydrogen) atoms. The van der Waals surface area contributed by atoms with Crippen LogP contribution in [0.1, 0.15) is 6.92 Å². The minimum absolute atomic E-state index is 0.475. The molecule has 0 aliphatic heterocycles. The Kier molecular flexibility index (Phi) is 4.28. The lowest BCUT2D eigenvalue weighted by Gasteiger charge is -2.02. The van der Waals surface area contributed by atoms with E-state index in [1.165, 1.54) is 0 Å². The average molecular weight is 347 g/mol. The van der Waals surface area contributed by atoms with Crippen molar-refractivity contribution in [2.45, 2.75) is 6.92 Å². The third-order valence-electron chi connectivity index (χ3n) is 2.56. The lowest BCUT2D eigenvalue weighted by atomic mass is 10.1. The molecule has 0 saturated carbocycles. The van der Waals surface area contributed by atoms with Crippen molar-refractivity contribution in [2.75, 3.05) is 11.0 Å². The summed E-state index contributed by atoms with van der Waals surface area (Å²) < 4.78 is 61.2. The van der Waals surface area contributed by atoms with E-state index in [1.54, 1.807) is 0 Å². The van der Waals surface area contributed by atoms with Crippen molar-refractivity contribution in [3.05, 3.63) is 29.8 Å². The van der Waals surface area contributed by atoms with Gasteiger partial charge in [0, 0.05) is 6.92 Å². The van der Waals surface area contributed by atoms with Gasteiger partial charge in [0.05, 0.1) is 11.8 Å². The van der Waals surface area contributed by atoms with Crippen LogP contribution in [0.4, 0.5) is 14.7 Å². The molecule has 0 saturated heterocycles. The number of nitrogens with one attached hydrogen (secondary N) is 1. The van der Waals surface area contributed by atoms with Gasteiger partial charge in [-0.05, 0) is 12.1 Å². The van der Waals surface area contributed by atoms with Gasteiger partial charge in [-0.25, -0.2) is 17.2 Å². The van der Waals surface area contributed by atoms with Crippen molar-refractivity contribution < 1.29 is 36.3 Å². The molecule has 0 radical (unpaired) electrons. The highest BCUT2D eigenvalue weighted by Crippen LogP contribution is 2.47. The van der Waals surface area contributed by atoms with Crippen LogP contribution < -0.4 is 9.46 Å². The molecule has 2 rings (SSSR count). The number of ether oxygens (including phenoxy) is 1. The van der Waals surface area contributed by atoms with Crippen molar-refractivity contribution >= 4 is 21.9 Å². The zero-order valence-corrected chi connectivity index (χ0v) is 12.7. The summed E-state index contributed by atoms with van der Waals surface area (Å²) in [7, 11) is -3.85. The molecule has 0 aliphatic rings. The topological polar surface area (TPSA) is 106 Å². The number of hydrogen-bond donors (Lipinski definition) is 2. The summed E-state index contributed by atoms with van der Waals surface area (Å²) in [6.45, 7) is 0.999. The zero-order valence-electron chi connectivity index (χ0n) is 11.9. The van der Waals surface area contributed by atoms with Crippen LogP contribution in [0.5, 0.6) is 11.5 Å². The van der Waals surface area contributed by atoms with E-state index >= 15 is 0 Å². The molecular weight excluding hydrogens is 336 g/mol. The van der Waals surface area contributed by atoms with Gasteiger partial charge in [-0.15, -0.1) is 0 Å². The molecule has 0 fully saturated rings. The lowest BCUT2D eigenvalue weighted by Crippen LogP contribution is -2.11. The number of halogens is 2. The first kappa shape index (κ1) is 16.7. The second kappa shape index (κ2) is 5.88. The Morgan fingerprint density at radius 3 is 2.57 bits per heavy atom. The van der Waals surface area contributed by atoms with Crippen molar-refractivity contribution in [1.29, 1.82) is 0 Å². The van der Waals surface area contributed by atoms with Crippen molar-refractivity contribution in [3.63, 3.8) is 0 Å². The van der Waals surface area contributed by atoms with E-state index in [0.717, 1.165) is 31.4 Å². The van der Waals surface area contributed by atoms with E-state index in [0.29, 0.717) is 0 Å². The molecule has 0 aliphatic carbocycles. The van der Waals surface area contributed by atoms with E-state index in [2.05, 4.69) is 4.74 Å². The molecule has 2 aromatic rings. The molecular formula is C13H11F2NO6S. The number of carbonyl (C=O) groups is 1. The summed E-state index contributed by atoms with van der Waals surface area (Å²) in [5.41, 5.74) is -0.475. The second-order valence-electron chi connectivity index (χ2n) is 4.51. The van der Waals surface area contributed by atoms with Crippen LogP contribution in [-0.2, 0) is 14.8 Å². The van der Waals surface area contributed by atoms with E-state index < -0.39 is 56.3 Å². The van der Waals surface area contributed by atoms with E-state index in [9.17, 15) is 27.1 Å². The second-order valence-corrected chi connectivity index (χ2v) is 6.26. The largest absolute Gasteiger partial charge is 0.502 e. The predicted molar refractivity (Wildman–Crippen MR) is 75.5 cm³/mol. The van der Waals surface area contributed by atoms with Gasteiger partial charge >= 0.3 is 5.97 Å². The molecule has 0 unspecified atom stereocenters. The molecule has 7 nitrogen and oxygen atoms in total. The SMILES string of the molecule is CC(=O)Oc1c(NS(C)(=O)=O)oc(-c2cccc(F)c2F)c1O. The number of carbonyl (C=O) groups excluding carboxylic acids is 1. The van der Waals surface area contributed by atoms with E-state index in [4.69, 9.17) is 4.42 Å². The maximum Gasteiger partial charge on any atom is 0.308 e. The maximum atomic E-state index is 13.8. The quantitative estimate of drug-likeness (QED) is 0.822. The highest BCUT2D eigenvalue weighted by atomic mass is 32.2. The normalized spacial score (nSPS) is 11.3. The molecule has 10 heteroatoms. The van der Waals surface area contributed by atoms with Crippen LogP contribution >= 0.6 is 0 Å². The summed E-state index contributed by atoms with van der Waals surface area (Å²) in [4.78, 5) is 11.1. The van der Waals surface area contributed by atoms with Gasteiger partial charge < -0.3 is 14.3 Å². The molecule has 0 spiro atoms. The maximum absolute atomic E-state index is 13.8. The first-order valence-electron chi connectivity index (χ1n) is 6.06. The van der Waals surface area contributed by atoms with Crippen LogP contribution in [0.3, 0.4) is 0 Å². The molecule has 124 valence electrons. The summed E-state index contributed by atoms with van der Waals surface area (Å²) in [5.74, 6) is -6.15. The van der Waals surface area contributed by atoms with Gasteiger partial charge in [0.15, 0.2) is 17.4 Å². The fraction of sp³-hybridized carbons (Fsp3) is 0.154. The minimum Gasteiger partial charge on any atom is -0.502 e. The Balaban J connectivity index is 2.66. The Morgan fingerprint density at radius 2 is 2.00 bits per heavy atom. The lowest BCUT2D eigenvalue weighted by molar-refractivity contribution is -0.131. The van der Waals surface area contributed by atoms with Gasteiger partial charge in [-0.1, -0.05) is 6.07 Å². The minimum atomic E-state index is -3.85. The number of hydrogen-bond acceptors (Lipinski definition) is 6. The van der Waals surface area contributed by atoms with Crippen LogP contribution in [0.25, 0.3) is 11.3 Å². The third kappa shape index (κ3) is 3.59. The van der Waals surface area contributed by atoms with Crippen molar-refractivity contribution in [3.8, 4) is 22.8 Å². The molecule has 0 atom stereocenters. The number of rotatable bonds is 4. The van der Waals surface area contributed by atoms with Gasteiger partial charge in [-0.2, -0.15) is 0 Å². The highest BCUT2D eigenvalue weighted by molar-refractivity contribution is 7.92. The molecule has 2 N–H and O–H groups in total. The van der Waals surface area contributed by atoms with Crippen molar-refractivity contribution in [1.82, 2.24) is 0 Å². The molecule has 0 amide bonds. The standard InChI is InChI=1S/C13H11F2NO6S/c1-6(17)21-12-10(18)11(22-13(12)16-23(2,19)20)7-4-3-5-8(14)9(7)15/h3-5,16,18H,1-2H3. The Hall–Kier alpha value is -2.62. The van der Waals surface area contributed by atoms with Crippen LogP contribution in [0.2, 0.25) is 0 Å². The number of esters is 1. The summed E-state index contributed by atoms with van der Waals surface area (Å²) in [5, 5.41) is 10.0. The highest BCUT2D eigenvalue weighted by Gasteiger charge is 2.28. The Morgan fingerprint density at radius 1 is 1.35 bits per heavy atom. The summed E-state index contributed by atoms with van der Waals surface area (Å²) in [6, 6.07) is 3.10. The van der Waals surface area contributed by atoms with Crippen molar-refractivity contribution in [2.24, 2.45) is 0 Å². The van der Waals surface area contributed by atoms with E-state index in [1.807, 2.05) is 4.72 Å². The van der Waals surface area contributed by atoms with Gasteiger partial charge in [-0.3, -0.25) is 9.52 Å². The number of furan rings is 1. The van der Waals surface area contributed by atoms with Gasteiger partial charge in [0.25, 0.3) is 5.88 Å². The Bertz CT molecular complexity index is 875. The Labute approximate surface area is 129 Å². The molecule has 1 aromatic carbocycles. The first-order chi connectivity index (χ1) is 10.6. The average Bonchev–Trinajstić information content (AvgIpc) is 2.68. The fourth-order valence-corrected chi connectivity index (χ4v) is 2.21. The van der Waals surface area contributed by atoms with Crippen LogP contribution in [-0.4, -0.2) is 25.7 Å². The number of anilines is 1. The van der Waals surface area contributed by atoms with Crippen LogP contribution in [0, 0.1) is 11.6 Å². The molecule has 1 heterocycles. The summed E-state index contributed by atoms with van der Waals surface area (Å²) in [6.07, 6.45) is 0.784. The fourth-order valence-electron chi connectivity index (χ4n) is 1.74. The number of sulfonamides is 1. The monoisotopic (exact) mass is 347 g/mol. The van der Waals surface area contributed by atoms with Gasteiger partial charge in [0.2, 0.25) is 21.5 Å².